The van der Waals surface area contributed by atoms with E-state index in [1.165, 1.54) is 11.3 Å². The first-order chi connectivity index (χ1) is 18.7. The number of thiazole rings is 1. The quantitative estimate of drug-likeness (QED) is 0.372. The number of nitrogens with zero attached hydrogens (tertiary/aromatic N) is 3. The third-order valence-corrected chi connectivity index (χ3v) is 9.17. The largest absolute Gasteiger partial charge is 0.351 e. The Morgan fingerprint density at radius 3 is 2.62 bits per heavy atom. The minimum absolute atomic E-state index is 0. The van der Waals surface area contributed by atoms with Crippen molar-refractivity contribution >= 4 is 64.0 Å². The Bertz CT molecular complexity index is 1390. The van der Waals surface area contributed by atoms with E-state index in [0.717, 1.165) is 41.0 Å². The van der Waals surface area contributed by atoms with Gasteiger partial charge in [0.05, 0.1) is 11.7 Å². The number of carbonyl (C=O) groups excluding carboxylic acids is 3. The van der Waals surface area contributed by atoms with Gasteiger partial charge in [-0.05, 0) is 64.4 Å². The number of nitrogens with one attached hydrogen (secondary N) is 3. The third-order valence-electron chi connectivity index (χ3n) is 7.85. The number of amides is 3. The smallest absolute Gasteiger partial charge is 0.280 e. The number of carbonyl (C=O) groups is 3. The number of rotatable bonds is 7. The van der Waals surface area contributed by atoms with E-state index in [-0.39, 0.29) is 42.1 Å². The Kier molecular flexibility index (Phi) is 9.76. The highest BCUT2D eigenvalue weighted by molar-refractivity contribution is 7.13. The molecule has 3 N–H and O–H groups in total. The number of likely N-dealkylation sites (N-methyl/N-ethyl adjacent to an activating group) is 1. The Morgan fingerprint density at radius 1 is 1.12 bits per heavy atom. The molecule has 1 saturated carbocycles. The SMILES string of the molecule is CCN(CC)C(=O)C1CCC(NC(=O)c2cc3cc(Cl)ccc3[nH]2)C(NC(=O)c2nc3c(s2)CN(C)CC3)C1.Cl. The van der Waals surface area contributed by atoms with Crippen molar-refractivity contribution in [3.05, 3.63) is 50.6 Å². The van der Waals surface area contributed by atoms with Crippen molar-refractivity contribution in [2.75, 3.05) is 26.7 Å². The molecule has 1 aromatic carbocycles. The summed E-state index contributed by atoms with van der Waals surface area (Å²) in [6, 6.07) is 6.47. The van der Waals surface area contributed by atoms with Crippen LogP contribution in [0.5, 0.6) is 0 Å². The summed E-state index contributed by atoms with van der Waals surface area (Å²) in [5.74, 6) is -0.619. The summed E-state index contributed by atoms with van der Waals surface area (Å²) < 4.78 is 0. The number of H-pyrrole nitrogens is 1. The van der Waals surface area contributed by atoms with Crippen molar-refractivity contribution in [1.29, 1.82) is 0 Å². The zero-order chi connectivity index (χ0) is 27.7. The van der Waals surface area contributed by atoms with E-state index < -0.39 is 6.04 Å². The van der Waals surface area contributed by atoms with Crippen LogP contribution in [0.15, 0.2) is 24.3 Å². The Labute approximate surface area is 249 Å². The molecule has 216 valence electrons. The van der Waals surface area contributed by atoms with E-state index in [9.17, 15) is 14.4 Å². The van der Waals surface area contributed by atoms with Gasteiger partial charge >= 0.3 is 0 Å². The molecule has 0 bridgehead atoms. The third kappa shape index (κ3) is 6.46. The number of hydrogen-bond acceptors (Lipinski definition) is 6. The van der Waals surface area contributed by atoms with Crippen LogP contribution in [0.1, 0.15) is 64.0 Å². The van der Waals surface area contributed by atoms with Gasteiger partial charge in [0.15, 0.2) is 5.01 Å². The summed E-state index contributed by atoms with van der Waals surface area (Å²) in [4.78, 5) is 52.8. The van der Waals surface area contributed by atoms with Gasteiger partial charge in [0, 0.05) is 65.4 Å². The van der Waals surface area contributed by atoms with Crippen LogP contribution in [0.3, 0.4) is 0 Å². The molecule has 12 heteroatoms. The van der Waals surface area contributed by atoms with Crippen molar-refractivity contribution < 1.29 is 14.4 Å². The average molecular weight is 608 g/mol. The highest BCUT2D eigenvalue weighted by Gasteiger charge is 2.37. The molecule has 1 aliphatic heterocycles. The topological polar surface area (TPSA) is 110 Å². The van der Waals surface area contributed by atoms with Crippen LogP contribution >= 0.6 is 35.3 Å². The lowest BCUT2D eigenvalue weighted by Crippen LogP contribution is -2.56. The molecule has 0 spiro atoms. The van der Waals surface area contributed by atoms with E-state index in [4.69, 9.17) is 11.6 Å². The van der Waals surface area contributed by atoms with E-state index in [2.05, 4.69) is 32.5 Å². The molecular formula is C28H36Cl2N6O3S. The number of aromatic amines is 1. The lowest BCUT2D eigenvalue weighted by Gasteiger charge is -2.37. The molecule has 40 heavy (non-hydrogen) atoms. The molecule has 2 aromatic heterocycles. The fourth-order valence-corrected chi connectivity index (χ4v) is 6.91. The molecule has 1 aliphatic carbocycles. The standard InChI is InChI=1S/C28H35ClN6O3S.ClH/c1-4-35(5-2)28(38)16-6-8-20(31-25(36)23-14-17-12-18(29)7-9-19(17)30-23)22(13-16)32-26(37)27-33-21-10-11-34(3)15-24(21)39-27;/h7,9,12,14,16,20,22,30H,4-6,8,10-11,13,15H2,1-3H3,(H,31,36)(H,32,37);1H. The first-order valence-electron chi connectivity index (χ1n) is 13.6. The van der Waals surface area contributed by atoms with Gasteiger partial charge < -0.3 is 25.4 Å². The summed E-state index contributed by atoms with van der Waals surface area (Å²) in [6.07, 6.45) is 2.52. The molecule has 3 unspecified atom stereocenters. The number of hydrogen-bond donors (Lipinski definition) is 3. The minimum atomic E-state index is -0.401. The summed E-state index contributed by atoms with van der Waals surface area (Å²) >= 11 is 7.54. The van der Waals surface area contributed by atoms with E-state index in [1.54, 1.807) is 12.1 Å². The average Bonchev–Trinajstić information content (AvgIpc) is 3.54. The maximum Gasteiger partial charge on any atom is 0.280 e. The molecule has 0 radical (unpaired) electrons. The second kappa shape index (κ2) is 12.9. The van der Waals surface area contributed by atoms with Gasteiger partial charge in [-0.2, -0.15) is 0 Å². The second-order valence-electron chi connectivity index (χ2n) is 10.5. The fourth-order valence-electron chi connectivity index (χ4n) is 5.64. The molecule has 3 atom stereocenters. The van der Waals surface area contributed by atoms with Crippen molar-refractivity contribution in [3.8, 4) is 0 Å². The summed E-state index contributed by atoms with van der Waals surface area (Å²) in [6.45, 7) is 6.95. The zero-order valence-electron chi connectivity index (χ0n) is 23.0. The van der Waals surface area contributed by atoms with Crippen molar-refractivity contribution in [2.24, 2.45) is 5.92 Å². The predicted octanol–water partition coefficient (Wildman–Crippen LogP) is 4.25. The normalized spacial score (nSPS) is 20.9. The molecule has 3 amide bonds. The lowest BCUT2D eigenvalue weighted by atomic mass is 9.81. The minimum Gasteiger partial charge on any atom is -0.351 e. The molecule has 1 fully saturated rings. The summed E-state index contributed by atoms with van der Waals surface area (Å²) in [5, 5.41) is 8.15. The van der Waals surface area contributed by atoms with Gasteiger partial charge in [-0.25, -0.2) is 4.98 Å². The van der Waals surface area contributed by atoms with Gasteiger partial charge in [-0.15, -0.1) is 23.7 Å². The Balaban J connectivity index is 0.00000370. The van der Waals surface area contributed by atoms with Crippen molar-refractivity contribution in [2.45, 2.75) is 58.2 Å². The summed E-state index contributed by atoms with van der Waals surface area (Å²) in [5.41, 5.74) is 2.24. The molecule has 3 aromatic rings. The van der Waals surface area contributed by atoms with Crippen molar-refractivity contribution in [3.63, 3.8) is 0 Å². The highest BCUT2D eigenvalue weighted by Crippen LogP contribution is 2.29. The van der Waals surface area contributed by atoms with E-state index >= 15 is 0 Å². The molecular weight excluding hydrogens is 571 g/mol. The van der Waals surface area contributed by atoms with Crippen LogP contribution in [0.2, 0.25) is 5.02 Å². The monoisotopic (exact) mass is 606 g/mol. The van der Waals surface area contributed by atoms with Crippen LogP contribution in [0, 0.1) is 5.92 Å². The maximum atomic E-state index is 13.4. The Morgan fingerprint density at radius 2 is 1.88 bits per heavy atom. The molecule has 9 nitrogen and oxygen atoms in total. The van der Waals surface area contributed by atoms with Gasteiger partial charge in [0.1, 0.15) is 5.69 Å². The molecule has 5 rings (SSSR count). The van der Waals surface area contributed by atoms with Gasteiger partial charge in [-0.1, -0.05) is 11.6 Å². The van der Waals surface area contributed by atoms with Gasteiger partial charge in [0.2, 0.25) is 5.91 Å². The van der Waals surface area contributed by atoms with Gasteiger partial charge in [-0.3, -0.25) is 14.4 Å². The molecule has 0 saturated heterocycles. The number of aromatic nitrogens is 2. The van der Waals surface area contributed by atoms with Crippen LogP contribution < -0.4 is 10.6 Å². The highest BCUT2D eigenvalue weighted by atomic mass is 35.5. The first kappa shape index (κ1) is 30.3. The lowest BCUT2D eigenvalue weighted by molar-refractivity contribution is -0.136. The molecule has 2 aliphatic rings. The first-order valence-corrected chi connectivity index (χ1v) is 14.8. The fraction of sp³-hybridized carbons (Fsp3) is 0.500. The number of halogens is 2. The molecule has 3 heterocycles. The van der Waals surface area contributed by atoms with Crippen molar-refractivity contribution in [1.82, 2.24) is 30.4 Å². The van der Waals surface area contributed by atoms with E-state index in [1.807, 2.05) is 30.9 Å². The number of benzene rings is 1. The van der Waals surface area contributed by atoms with Crippen LogP contribution in [0.4, 0.5) is 0 Å². The zero-order valence-corrected chi connectivity index (χ0v) is 25.3. The van der Waals surface area contributed by atoms with Crippen LogP contribution in [-0.2, 0) is 17.8 Å². The van der Waals surface area contributed by atoms with Crippen LogP contribution in [-0.4, -0.2) is 76.3 Å². The van der Waals surface area contributed by atoms with Crippen LogP contribution in [0.25, 0.3) is 10.9 Å². The number of fused-ring (bicyclic) bond motifs is 2. The second-order valence-corrected chi connectivity index (χ2v) is 12.0. The maximum absolute atomic E-state index is 13.4. The Hall–Kier alpha value is -2.66. The van der Waals surface area contributed by atoms with E-state index in [0.29, 0.717) is 48.1 Å². The predicted molar refractivity (Wildman–Crippen MR) is 160 cm³/mol. The summed E-state index contributed by atoms with van der Waals surface area (Å²) in [7, 11) is 2.06. The van der Waals surface area contributed by atoms with Gasteiger partial charge in [0.25, 0.3) is 11.8 Å².